The monoisotopic (exact) mass is 199 g/mol. The van der Waals surface area contributed by atoms with Gasteiger partial charge in [-0.2, -0.15) is 0 Å². The van der Waals surface area contributed by atoms with Crippen LogP contribution in [0, 0.1) is 0 Å². The van der Waals surface area contributed by atoms with E-state index in [1.807, 2.05) is 0 Å². The van der Waals surface area contributed by atoms with Gasteiger partial charge in [0, 0.05) is 13.2 Å². The summed E-state index contributed by atoms with van der Waals surface area (Å²) < 4.78 is 5.43. The van der Waals surface area contributed by atoms with Crippen molar-refractivity contribution >= 4 is 11.7 Å². The molecule has 0 aromatic heterocycles. The summed E-state index contributed by atoms with van der Waals surface area (Å²) in [6.45, 7) is 2.73. The predicted molar refractivity (Wildman–Crippen MR) is 51.9 cm³/mol. The number of hydrogen-bond donors (Lipinski definition) is 1. The summed E-state index contributed by atoms with van der Waals surface area (Å²) in [6.07, 6.45) is 3.39. The van der Waals surface area contributed by atoms with Crippen molar-refractivity contribution in [3.05, 3.63) is 0 Å². The largest absolute Gasteiger partial charge is 0.376 e. The highest BCUT2D eigenvalue weighted by Crippen LogP contribution is 2.11. The van der Waals surface area contributed by atoms with Crippen molar-refractivity contribution in [2.45, 2.75) is 38.7 Å². The maximum absolute atomic E-state index is 11.1. The summed E-state index contributed by atoms with van der Waals surface area (Å²) >= 11 is 0. The van der Waals surface area contributed by atoms with E-state index in [1.54, 1.807) is 0 Å². The van der Waals surface area contributed by atoms with Gasteiger partial charge in [0.1, 0.15) is 5.78 Å². The van der Waals surface area contributed by atoms with Crippen molar-refractivity contribution in [2.24, 2.45) is 0 Å². The minimum Gasteiger partial charge on any atom is -0.376 e. The van der Waals surface area contributed by atoms with Crippen molar-refractivity contribution in [3.63, 3.8) is 0 Å². The minimum atomic E-state index is -0.202. The van der Waals surface area contributed by atoms with Gasteiger partial charge in [-0.05, 0) is 26.2 Å². The molecule has 1 saturated heterocycles. The summed E-state index contributed by atoms with van der Waals surface area (Å²) in [5.74, 6) is -0.307. The smallest absolute Gasteiger partial charge is 0.227 e. The Morgan fingerprint density at radius 1 is 1.43 bits per heavy atom. The molecule has 4 heteroatoms. The van der Waals surface area contributed by atoms with E-state index in [2.05, 4.69) is 5.32 Å². The Morgan fingerprint density at radius 2 is 2.21 bits per heavy atom. The molecule has 14 heavy (non-hydrogen) atoms. The van der Waals surface area contributed by atoms with Crippen LogP contribution in [0.1, 0.15) is 32.6 Å². The molecule has 1 amide bonds. The van der Waals surface area contributed by atoms with Crippen LogP contribution in [-0.2, 0) is 14.3 Å². The molecule has 0 aliphatic carbocycles. The number of ketones is 1. The van der Waals surface area contributed by atoms with Gasteiger partial charge in [0.2, 0.25) is 5.91 Å². The van der Waals surface area contributed by atoms with Gasteiger partial charge < -0.3 is 10.1 Å². The van der Waals surface area contributed by atoms with Crippen molar-refractivity contribution in [1.82, 2.24) is 5.32 Å². The Morgan fingerprint density at radius 3 is 2.79 bits per heavy atom. The SMILES string of the molecule is CC(=O)CC(=O)NCC1CCCCO1. The van der Waals surface area contributed by atoms with Crippen LogP contribution in [0.3, 0.4) is 0 Å². The molecule has 0 bridgehead atoms. The zero-order valence-electron chi connectivity index (χ0n) is 8.54. The number of carbonyl (C=O) groups is 2. The fourth-order valence-electron chi connectivity index (χ4n) is 1.48. The number of carbonyl (C=O) groups excluding carboxylic acids is 2. The lowest BCUT2D eigenvalue weighted by Gasteiger charge is -2.22. The van der Waals surface area contributed by atoms with E-state index in [-0.39, 0.29) is 24.2 Å². The van der Waals surface area contributed by atoms with Gasteiger partial charge in [-0.1, -0.05) is 0 Å². The van der Waals surface area contributed by atoms with Gasteiger partial charge in [0.05, 0.1) is 12.5 Å². The first-order valence-electron chi connectivity index (χ1n) is 5.06. The zero-order chi connectivity index (χ0) is 10.4. The van der Waals surface area contributed by atoms with E-state index in [9.17, 15) is 9.59 Å². The molecule has 1 unspecified atom stereocenters. The van der Waals surface area contributed by atoms with Gasteiger partial charge in [0.25, 0.3) is 0 Å². The molecule has 4 nitrogen and oxygen atoms in total. The highest BCUT2D eigenvalue weighted by molar-refractivity contribution is 5.96. The minimum absolute atomic E-state index is 0.0211. The fraction of sp³-hybridized carbons (Fsp3) is 0.800. The second-order valence-electron chi connectivity index (χ2n) is 3.67. The lowest BCUT2D eigenvalue weighted by molar-refractivity contribution is -0.127. The van der Waals surface area contributed by atoms with E-state index < -0.39 is 0 Å². The maximum Gasteiger partial charge on any atom is 0.227 e. The second kappa shape index (κ2) is 5.75. The number of nitrogens with one attached hydrogen (secondary N) is 1. The third kappa shape index (κ3) is 4.37. The summed E-state index contributed by atoms with van der Waals surface area (Å²) in [7, 11) is 0. The van der Waals surface area contributed by atoms with Crippen molar-refractivity contribution in [2.75, 3.05) is 13.2 Å². The summed E-state index contributed by atoms with van der Waals surface area (Å²) in [6, 6.07) is 0. The first-order chi connectivity index (χ1) is 6.68. The van der Waals surface area contributed by atoms with Crippen molar-refractivity contribution in [3.8, 4) is 0 Å². The van der Waals surface area contributed by atoms with Crippen LogP contribution in [0.15, 0.2) is 0 Å². The number of rotatable bonds is 4. The van der Waals surface area contributed by atoms with Crippen LogP contribution in [0.2, 0.25) is 0 Å². The molecule has 1 N–H and O–H groups in total. The second-order valence-corrected chi connectivity index (χ2v) is 3.67. The fourth-order valence-corrected chi connectivity index (χ4v) is 1.48. The topological polar surface area (TPSA) is 55.4 Å². The van der Waals surface area contributed by atoms with Crippen LogP contribution < -0.4 is 5.32 Å². The Labute approximate surface area is 84.0 Å². The summed E-state index contributed by atoms with van der Waals surface area (Å²) in [4.78, 5) is 21.7. The number of hydrogen-bond acceptors (Lipinski definition) is 3. The number of Topliss-reactive ketones (excluding diaryl/α,β-unsaturated/α-hetero) is 1. The molecule has 1 aliphatic heterocycles. The van der Waals surface area contributed by atoms with Crippen molar-refractivity contribution in [1.29, 1.82) is 0 Å². The third-order valence-corrected chi connectivity index (χ3v) is 2.21. The van der Waals surface area contributed by atoms with E-state index in [0.29, 0.717) is 6.54 Å². The Kier molecular flexibility index (Phi) is 4.59. The highest BCUT2D eigenvalue weighted by atomic mass is 16.5. The van der Waals surface area contributed by atoms with Crippen LogP contribution in [0.4, 0.5) is 0 Å². The van der Waals surface area contributed by atoms with Crippen LogP contribution in [-0.4, -0.2) is 30.9 Å². The number of ether oxygens (including phenoxy) is 1. The molecular formula is C10H17NO3. The molecule has 1 atom stereocenters. The molecular weight excluding hydrogens is 182 g/mol. The molecule has 0 aromatic rings. The first kappa shape index (κ1) is 11.2. The van der Waals surface area contributed by atoms with Crippen molar-refractivity contribution < 1.29 is 14.3 Å². The lowest BCUT2D eigenvalue weighted by Crippen LogP contribution is -2.35. The van der Waals surface area contributed by atoms with Crippen LogP contribution in [0.5, 0.6) is 0 Å². The van der Waals surface area contributed by atoms with E-state index in [4.69, 9.17) is 4.74 Å². The Hall–Kier alpha value is -0.900. The van der Waals surface area contributed by atoms with Gasteiger partial charge in [-0.3, -0.25) is 9.59 Å². The van der Waals surface area contributed by atoms with Crippen LogP contribution in [0.25, 0.3) is 0 Å². The molecule has 1 heterocycles. The molecule has 0 aromatic carbocycles. The predicted octanol–water partition coefficient (Wildman–Crippen LogP) is 0.651. The molecule has 80 valence electrons. The summed E-state index contributed by atoms with van der Waals surface area (Å²) in [5, 5.41) is 2.70. The lowest BCUT2D eigenvalue weighted by atomic mass is 10.1. The molecule has 1 fully saturated rings. The average Bonchev–Trinajstić information content (AvgIpc) is 2.15. The van der Waals surface area contributed by atoms with E-state index in [1.165, 1.54) is 6.92 Å². The quantitative estimate of drug-likeness (QED) is 0.676. The van der Waals surface area contributed by atoms with E-state index in [0.717, 1.165) is 25.9 Å². The Balaban J connectivity index is 2.12. The highest BCUT2D eigenvalue weighted by Gasteiger charge is 2.14. The molecule has 1 aliphatic rings. The third-order valence-electron chi connectivity index (χ3n) is 2.21. The molecule has 0 radical (unpaired) electrons. The molecule has 0 saturated carbocycles. The van der Waals surface area contributed by atoms with Gasteiger partial charge in [0.15, 0.2) is 0 Å². The molecule has 1 rings (SSSR count). The normalized spacial score (nSPS) is 21.6. The zero-order valence-corrected chi connectivity index (χ0v) is 8.54. The van der Waals surface area contributed by atoms with Gasteiger partial charge in [-0.15, -0.1) is 0 Å². The summed E-state index contributed by atoms with van der Waals surface area (Å²) in [5.41, 5.74) is 0. The van der Waals surface area contributed by atoms with Crippen LogP contribution >= 0.6 is 0 Å². The molecule has 0 spiro atoms. The van der Waals surface area contributed by atoms with Gasteiger partial charge in [-0.25, -0.2) is 0 Å². The standard InChI is InChI=1S/C10H17NO3/c1-8(12)6-10(13)11-7-9-4-2-3-5-14-9/h9H,2-7H2,1H3,(H,11,13). The van der Waals surface area contributed by atoms with Gasteiger partial charge >= 0.3 is 0 Å². The number of amides is 1. The average molecular weight is 199 g/mol. The van der Waals surface area contributed by atoms with E-state index >= 15 is 0 Å². The maximum atomic E-state index is 11.1. The Bertz CT molecular complexity index is 209. The first-order valence-corrected chi connectivity index (χ1v) is 5.06.